The number of hydrogen-bond donors (Lipinski definition) is 2. The maximum Gasteiger partial charge on any atom is 0.410 e. The van der Waals surface area contributed by atoms with E-state index >= 15 is 4.39 Å². The molecule has 5 rings (SSSR count). The van der Waals surface area contributed by atoms with Crippen LogP contribution in [-0.4, -0.2) is 63.3 Å². The van der Waals surface area contributed by atoms with Crippen LogP contribution < -0.4 is 10.2 Å². The molecule has 1 aromatic carbocycles. The Morgan fingerprint density at radius 3 is 2.59 bits per heavy atom. The van der Waals surface area contributed by atoms with Gasteiger partial charge in [0.2, 0.25) is 0 Å². The molecule has 1 fully saturated rings. The van der Waals surface area contributed by atoms with Gasteiger partial charge in [-0.15, -0.1) is 0 Å². The Morgan fingerprint density at radius 2 is 1.95 bits per heavy atom. The number of amides is 2. The predicted molar refractivity (Wildman–Crippen MR) is 154 cm³/mol. The number of aliphatic hydroxyl groups excluding tert-OH is 1. The van der Waals surface area contributed by atoms with Gasteiger partial charge in [0.05, 0.1) is 23.2 Å². The van der Waals surface area contributed by atoms with E-state index in [-0.39, 0.29) is 36.2 Å². The minimum Gasteiger partial charge on any atom is -0.444 e. The first-order valence-electron chi connectivity index (χ1n) is 13.4. The number of pyridine rings is 2. The summed E-state index contributed by atoms with van der Waals surface area (Å²) in [5.74, 6) is 0.0604. The summed E-state index contributed by atoms with van der Waals surface area (Å²) in [5.41, 5.74) is 1.04. The van der Waals surface area contributed by atoms with Gasteiger partial charge in [-0.05, 0) is 63.4 Å². The maximum absolute atomic E-state index is 15.6. The average Bonchev–Trinajstić information content (AvgIpc) is 2.89. The van der Waals surface area contributed by atoms with Gasteiger partial charge in [0.25, 0.3) is 5.91 Å². The van der Waals surface area contributed by atoms with Crippen molar-refractivity contribution in [1.82, 2.24) is 14.9 Å². The highest BCUT2D eigenvalue weighted by Gasteiger charge is 2.46. The Balaban J connectivity index is 1.52. The smallest absolute Gasteiger partial charge is 0.410 e. The quantitative estimate of drug-likeness (QED) is 0.433. The lowest BCUT2D eigenvalue weighted by Gasteiger charge is -2.43. The van der Waals surface area contributed by atoms with E-state index < -0.39 is 16.8 Å². The highest BCUT2D eigenvalue weighted by Crippen LogP contribution is 2.45. The maximum atomic E-state index is 15.6. The second-order valence-corrected chi connectivity index (χ2v) is 12.2. The topological polar surface area (TPSA) is 108 Å². The number of likely N-dealkylation sites (tertiary alicyclic amines) is 1. The summed E-state index contributed by atoms with van der Waals surface area (Å²) in [6, 6.07) is 8.15. The van der Waals surface area contributed by atoms with Crippen molar-refractivity contribution in [2.24, 2.45) is 0 Å². The first-order chi connectivity index (χ1) is 19.3. The van der Waals surface area contributed by atoms with Gasteiger partial charge in [-0.3, -0.25) is 9.69 Å². The van der Waals surface area contributed by atoms with Crippen LogP contribution in [0.1, 0.15) is 60.3 Å². The van der Waals surface area contributed by atoms with E-state index in [2.05, 4.69) is 15.3 Å². The largest absolute Gasteiger partial charge is 0.444 e. The summed E-state index contributed by atoms with van der Waals surface area (Å²) < 4.78 is 21.1. The van der Waals surface area contributed by atoms with Crippen molar-refractivity contribution in [3.8, 4) is 0 Å². The SMILES string of the molecule is Cc1c(NC2CN(C(=O)OC(C)(C)C)C2)ncc2c1[C@@](C)(c1cccc(Cl)c1F)CN(c1ccc(CO)cn1)C2=O. The number of fused-ring (bicyclic) bond motifs is 1. The van der Waals surface area contributed by atoms with E-state index in [1.165, 1.54) is 23.4 Å². The molecule has 11 heteroatoms. The van der Waals surface area contributed by atoms with Crippen LogP contribution in [0.3, 0.4) is 0 Å². The molecule has 2 aliphatic heterocycles. The summed E-state index contributed by atoms with van der Waals surface area (Å²) >= 11 is 6.22. The van der Waals surface area contributed by atoms with Crippen LogP contribution in [0.15, 0.2) is 42.7 Å². The van der Waals surface area contributed by atoms with Crippen LogP contribution >= 0.6 is 11.6 Å². The third-order valence-corrected chi connectivity index (χ3v) is 7.80. The molecule has 3 aromatic rings. The summed E-state index contributed by atoms with van der Waals surface area (Å²) in [6.07, 6.45) is 2.64. The number of aromatic nitrogens is 2. The third kappa shape index (κ3) is 5.34. The molecule has 2 aliphatic rings. The summed E-state index contributed by atoms with van der Waals surface area (Å²) in [7, 11) is 0. The number of rotatable bonds is 5. The number of carbonyl (C=O) groups excluding carboxylic acids is 2. The van der Waals surface area contributed by atoms with E-state index in [0.717, 1.165) is 0 Å². The van der Waals surface area contributed by atoms with Crippen molar-refractivity contribution in [2.45, 2.75) is 58.3 Å². The van der Waals surface area contributed by atoms with Crippen molar-refractivity contribution >= 4 is 35.2 Å². The lowest BCUT2D eigenvalue weighted by atomic mass is 9.70. The van der Waals surface area contributed by atoms with Gasteiger partial charge in [-0.2, -0.15) is 0 Å². The molecule has 2 N–H and O–H groups in total. The Labute approximate surface area is 243 Å². The van der Waals surface area contributed by atoms with Crippen LogP contribution in [0.4, 0.5) is 20.8 Å². The fraction of sp³-hybridized carbons (Fsp3) is 0.400. The molecule has 0 bridgehead atoms. The number of nitrogens with zero attached hydrogens (tertiary/aromatic N) is 4. The zero-order chi connectivity index (χ0) is 29.7. The van der Waals surface area contributed by atoms with Crippen LogP contribution in [-0.2, 0) is 16.8 Å². The molecule has 216 valence electrons. The number of nitrogens with one attached hydrogen (secondary N) is 1. The van der Waals surface area contributed by atoms with Gasteiger partial charge >= 0.3 is 6.09 Å². The fourth-order valence-corrected chi connectivity index (χ4v) is 5.66. The molecular formula is C30H33ClFN5O4. The number of halogens is 2. The van der Waals surface area contributed by atoms with E-state index in [9.17, 15) is 14.7 Å². The van der Waals surface area contributed by atoms with Gasteiger partial charge in [0.15, 0.2) is 0 Å². The summed E-state index contributed by atoms with van der Waals surface area (Å²) in [5, 5.41) is 12.8. The molecule has 2 aromatic heterocycles. The number of benzene rings is 1. The lowest BCUT2D eigenvalue weighted by molar-refractivity contribution is 0.0104. The Hall–Kier alpha value is -3.76. The van der Waals surface area contributed by atoms with Gasteiger partial charge in [0, 0.05) is 43.0 Å². The molecule has 1 atom stereocenters. The van der Waals surface area contributed by atoms with Crippen LogP contribution in [0.5, 0.6) is 0 Å². The number of hydrogen-bond acceptors (Lipinski definition) is 7. The third-order valence-electron chi connectivity index (χ3n) is 7.51. The monoisotopic (exact) mass is 581 g/mol. The minimum atomic E-state index is -1.01. The average molecular weight is 582 g/mol. The molecule has 0 radical (unpaired) electrons. The number of ether oxygens (including phenoxy) is 1. The second-order valence-electron chi connectivity index (χ2n) is 11.8. The van der Waals surface area contributed by atoms with E-state index in [1.54, 1.807) is 29.2 Å². The molecule has 9 nitrogen and oxygen atoms in total. The second kappa shape index (κ2) is 10.6. The van der Waals surface area contributed by atoms with Crippen molar-refractivity contribution in [2.75, 3.05) is 29.9 Å². The Kier molecular flexibility index (Phi) is 7.42. The van der Waals surface area contributed by atoms with Crippen molar-refractivity contribution < 1.29 is 23.8 Å². The molecule has 4 heterocycles. The summed E-state index contributed by atoms with van der Waals surface area (Å²) in [6.45, 7) is 10.0. The minimum absolute atomic E-state index is 0.0130. The molecule has 0 unspecified atom stereocenters. The van der Waals surface area contributed by atoms with Gasteiger partial charge in [-0.25, -0.2) is 19.2 Å². The number of anilines is 2. The number of aliphatic hydroxyl groups is 1. The first-order valence-corrected chi connectivity index (χ1v) is 13.8. The Bertz CT molecular complexity index is 1500. The highest BCUT2D eigenvalue weighted by atomic mass is 35.5. The standard InChI is InChI=1S/C30H33ClFN5O4/c1-17-24-20(12-34-26(17)35-19-13-36(14-19)28(40)41-29(2,3)4)27(39)37(23-10-9-18(15-38)11-33-23)16-30(24,5)21-7-6-8-22(31)25(21)32/h6-12,19,38H,13-16H2,1-5H3,(H,34,35)/t30-/m1/s1. The van der Waals surface area contributed by atoms with Crippen molar-refractivity contribution in [3.05, 3.63) is 81.4 Å². The normalized spacial score (nSPS) is 19.1. The fourth-order valence-electron chi connectivity index (χ4n) is 5.49. The van der Waals surface area contributed by atoms with E-state index in [4.69, 9.17) is 16.3 Å². The van der Waals surface area contributed by atoms with Crippen LogP contribution in [0.25, 0.3) is 0 Å². The molecule has 0 aliphatic carbocycles. The molecule has 2 amide bonds. The highest BCUT2D eigenvalue weighted by molar-refractivity contribution is 6.30. The first kappa shape index (κ1) is 28.8. The molecule has 0 saturated carbocycles. The lowest BCUT2D eigenvalue weighted by Crippen LogP contribution is -2.58. The van der Waals surface area contributed by atoms with E-state index in [1.807, 2.05) is 34.6 Å². The van der Waals surface area contributed by atoms with Gasteiger partial charge in [0.1, 0.15) is 23.1 Å². The van der Waals surface area contributed by atoms with Gasteiger partial charge in [-0.1, -0.05) is 29.8 Å². The number of carbonyl (C=O) groups is 2. The predicted octanol–water partition coefficient (Wildman–Crippen LogP) is 5.07. The van der Waals surface area contributed by atoms with Crippen LogP contribution in [0, 0.1) is 12.7 Å². The molecule has 0 spiro atoms. The molecule has 1 saturated heterocycles. The summed E-state index contributed by atoms with van der Waals surface area (Å²) in [4.78, 5) is 38.3. The zero-order valence-corrected chi connectivity index (χ0v) is 24.4. The van der Waals surface area contributed by atoms with Crippen molar-refractivity contribution in [3.63, 3.8) is 0 Å². The zero-order valence-electron chi connectivity index (χ0n) is 23.7. The molecule has 41 heavy (non-hydrogen) atoms. The van der Waals surface area contributed by atoms with E-state index in [0.29, 0.717) is 52.5 Å². The molecular weight excluding hydrogens is 549 g/mol. The van der Waals surface area contributed by atoms with Crippen molar-refractivity contribution in [1.29, 1.82) is 0 Å². The van der Waals surface area contributed by atoms with Gasteiger partial charge < -0.3 is 20.1 Å². The Morgan fingerprint density at radius 1 is 1.22 bits per heavy atom. The van der Waals surface area contributed by atoms with Crippen LogP contribution in [0.2, 0.25) is 5.02 Å².